The summed E-state index contributed by atoms with van der Waals surface area (Å²) in [6, 6.07) is 10.4. The molecule has 3 aromatic rings. The highest BCUT2D eigenvalue weighted by molar-refractivity contribution is 7.91. The van der Waals surface area contributed by atoms with Crippen molar-refractivity contribution < 1.29 is 32.3 Å². The van der Waals surface area contributed by atoms with Crippen LogP contribution in [0, 0.1) is 5.21 Å². The molecule has 4 rings (SSSR count). The minimum absolute atomic E-state index is 0.0406. The minimum atomic E-state index is -4.20. The second kappa shape index (κ2) is 8.59. The number of Topliss-reactive ketones (excluding diaryl/α,β-unsaturated/α-hetero) is 1. The summed E-state index contributed by atoms with van der Waals surface area (Å²) >= 11 is 0. The van der Waals surface area contributed by atoms with Crippen molar-refractivity contribution in [3.05, 3.63) is 76.9 Å². The summed E-state index contributed by atoms with van der Waals surface area (Å²) in [6.07, 6.45) is 2.93. The molecule has 164 valence electrons. The van der Waals surface area contributed by atoms with E-state index < -0.39 is 26.5 Å². The maximum Gasteiger partial charge on any atom is 0.414 e. The van der Waals surface area contributed by atoms with Gasteiger partial charge in [0.2, 0.25) is 5.78 Å². The smallest absolute Gasteiger partial charge is 0.414 e. The first-order valence-corrected chi connectivity index (χ1v) is 10.9. The molecule has 0 bridgehead atoms. The van der Waals surface area contributed by atoms with Crippen LogP contribution in [0.25, 0.3) is 0 Å². The van der Waals surface area contributed by atoms with Gasteiger partial charge in [0.25, 0.3) is 9.84 Å². The molecule has 11 nitrogen and oxygen atoms in total. The van der Waals surface area contributed by atoms with Crippen molar-refractivity contribution in [3.63, 3.8) is 0 Å². The Kier molecular flexibility index (Phi) is 5.69. The Morgan fingerprint density at radius 1 is 1.12 bits per heavy atom. The molecule has 0 spiro atoms. The fourth-order valence-corrected chi connectivity index (χ4v) is 4.32. The molecule has 32 heavy (non-hydrogen) atoms. The molecule has 0 aliphatic heterocycles. The lowest BCUT2D eigenvalue weighted by Gasteiger charge is -2.15. The largest absolute Gasteiger partial charge is 0.454 e. The number of nitrogens with zero attached hydrogens (tertiary/aromatic N) is 3. The van der Waals surface area contributed by atoms with Gasteiger partial charge in [-0.1, -0.05) is 18.2 Å². The van der Waals surface area contributed by atoms with Gasteiger partial charge in [0, 0.05) is 18.8 Å². The number of carbonyl (C=O) groups excluding carboxylic acids is 2. The Morgan fingerprint density at radius 3 is 2.69 bits per heavy atom. The number of carbonyl (C=O) groups is 2. The SMILES string of the molecule is O=C1C=C(NCCCOc2no[n+]([O-])c2S(=O)(=O)c2ccccc2)C(=O)c2ncccc21. The Hall–Kier alpha value is -4.06. The number of aromatic nitrogens is 3. The lowest BCUT2D eigenvalue weighted by Crippen LogP contribution is -2.31. The summed E-state index contributed by atoms with van der Waals surface area (Å²) in [5, 5.41) is 17.3. The van der Waals surface area contributed by atoms with E-state index in [0.717, 1.165) is 0 Å². The van der Waals surface area contributed by atoms with Crippen LogP contribution >= 0.6 is 0 Å². The van der Waals surface area contributed by atoms with Crippen molar-refractivity contribution in [2.45, 2.75) is 16.3 Å². The Labute approximate surface area is 181 Å². The number of pyridine rings is 1. The van der Waals surface area contributed by atoms with E-state index in [1.54, 1.807) is 12.1 Å². The first-order valence-electron chi connectivity index (χ1n) is 9.42. The van der Waals surface area contributed by atoms with Gasteiger partial charge in [0.1, 0.15) is 5.69 Å². The molecule has 1 aromatic carbocycles. The second-order valence-electron chi connectivity index (χ2n) is 6.64. The molecule has 0 radical (unpaired) electrons. The van der Waals surface area contributed by atoms with Gasteiger partial charge in [-0.25, -0.2) is 8.42 Å². The molecule has 0 unspecified atom stereocenters. The number of ether oxygens (including phenoxy) is 1. The molecule has 0 amide bonds. The van der Waals surface area contributed by atoms with Crippen LogP contribution in [0.3, 0.4) is 0 Å². The number of hydrogen-bond acceptors (Lipinski definition) is 10. The molecule has 0 atom stereocenters. The summed E-state index contributed by atoms with van der Waals surface area (Å²) in [6.45, 7) is 0.185. The highest BCUT2D eigenvalue weighted by Crippen LogP contribution is 2.25. The van der Waals surface area contributed by atoms with Crippen molar-refractivity contribution in [3.8, 4) is 5.88 Å². The first kappa shape index (κ1) is 21.2. The van der Waals surface area contributed by atoms with Crippen molar-refractivity contribution in [1.82, 2.24) is 15.5 Å². The molecule has 1 aliphatic rings. The van der Waals surface area contributed by atoms with Gasteiger partial charge in [-0.2, -0.15) is 0 Å². The third kappa shape index (κ3) is 3.95. The molecule has 0 fully saturated rings. The van der Waals surface area contributed by atoms with Crippen molar-refractivity contribution in [2.24, 2.45) is 0 Å². The third-order valence-corrected chi connectivity index (χ3v) is 6.26. The molecule has 1 N–H and O–H groups in total. The van der Waals surface area contributed by atoms with Crippen molar-refractivity contribution in [1.29, 1.82) is 0 Å². The summed E-state index contributed by atoms with van der Waals surface area (Å²) < 4.78 is 35.1. The van der Waals surface area contributed by atoms with E-state index in [2.05, 4.69) is 20.1 Å². The maximum absolute atomic E-state index is 12.7. The van der Waals surface area contributed by atoms with E-state index in [1.165, 1.54) is 42.6 Å². The number of allylic oxidation sites excluding steroid dienone is 2. The van der Waals surface area contributed by atoms with E-state index in [1.807, 2.05) is 0 Å². The number of benzene rings is 1. The van der Waals surface area contributed by atoms with Gasteiger partial charge < -0.3 is 15.3 Å². The Bertz CT molecular complexity index is 1320. The number of ketones is 2. The standard InChI is InChI=1S/C20H16N4O7S/c25-16-12-15(18(26)17-14(16)8-4-9-22-17)21-10-5-11-30-19-20(24(27)31-23-19)32(28,29)13-6-2-1-3-7-13/h1-4,6-9,12,21H,5,10-11H2. The van der Waals surface area contributed by atoms with Crippen LogP contribution in [0.15, 0.2) is 75.0 Å². The molecular weight excluding hydrogens is 440 g/mol. The molecular formula is C20H16N4O7S. The predicted molar refractivity (Wildman–Crippen MR) is 106 cm³/mol. The van der Waals surface area contributed by atoms with Crippen LogP contribution in [0.4, 0.5) is 0 Å². The number of rotatable bonds is 8. The van der Waals surface area contributed by atoms with Crippen LogP contribution in [-0.4, -0.2) is 43.3 Å². The lowest BCUT2D eigenvalue weighted by atomic mass is 9.97. The lowest BCUT2D eigenvalue weighted by molar-refractivity contribution is -0.832. The number of nitrogens with one attached hydrogen (secondary N) is 1. The molecule has 2 aromatic heterocycles. The van der Waals surface area contributed by atoms with Crippen LogP contribution in [0.5, 0.6) is 5.88 Å². The average molecular weight is 456 g/mol. The Morgan fingerprint density at radius 2 is 1.91 bits per heavy atom. The van der Waals surface area contributed by atoms with Crippen LogP contribution in [0.2, 0.25) is 0 Å². The van der Waals surface area contributed by atoms with Gasteiger partial charge in [-0.15, -0.1) is 0 Å². The van der Waals surface area contributed by atoms with E-state index in [0.29, 0.717) is 6.42 Å². The Balaban J connectivity index is 1.37. The topological polar surface area (TPSA) is 155 Å². The van der Waals surface area contributed by atoms with E-state index >= 15 is 0 Å². The second-order valence-corrected chi connectivity index (χ2v) is 8.50. The van der Waals surface area contributed by atoms with Gasteiger partial charge in [-0.3, -0.25) is 19.2 Å². The summed E-state index contributed by atoms with van der Waals surface area (Å²) in [5.41, 5.74) is 0.431. The highest BCUT2D eigenvalue weighted by atomic mass is 32.2. The predicted octanol–water partition coefficient (Wildman–Crippen LogP) is 0.857. The van der Waals surface area contributed by atoms with Crippen molar-refractivity contribution in [2.75, 3.05) is 13.2 Å². The highest BCUT2D eigenvalue weighted by Gasteiger charge is 2.35. The normalized spacial score (nSPS) is 13.4. The van der Waals surface area contributed by atoms with Gasteiger partial charge >= 0.3 is 10.9 Å². The summed E-state index contributed by atoms with van der Waals surface area (Å²) in [7, 11) is -4.20. The molecule has 12 heteroatoms. The van der Waals surface area contributed by atoms with Gasteiger partial charge in [-0.05, 0) is 35.6 Å². The van der Waals surface area contributed by atoms with Gasteiger partial charge in [0.15, 0.2) is 5.78 Å². The average Bonchev–Trinajstić information content (AvgIpc) is 3.18. The quantitative estimate of drug-likeness (QED) is 0.381. The zero-order valence-corrected chi connectivity index (χ0v) is 17.2. The van der Waals surface area contributed by atoms with Crippen LogP contribution in [-0.2, 0) is 9.84 Å². The summed E-state index contributed by atoms with van der Waals surface area (Å²) in [5.74, 6) is -1.20. The van der Waals surface area contributed by atoms with E-state index in [4.69, 9.17) is 4.74 Å². The fourth-order valence-electron chi connectivity index (χ4n) is 3.02. The van der Waals surface area contributed by atoms with Gasteiger partial charge in [0.05, 0.1) is 27.9 Å². The third-order valence-electron chi connectivity index (χ3n) is 4.54. The van der Waals surface area contributed by atoms with E-state index in [9.17, 15) is 23.2 Å². The van der Waals surface area contributed by atoms with Crippen molar-refractivity contribution >= 4 is 21.4 Å². The number of sulfone groups is 1. The maximum atomic E-state index is 12.7. The zero-order chi connectivity index (χ0) is 22.7. The van der Waals surface area contributed by atoms with E-state index in [-0.39, 0.29) is 45.7 Å². The van der Waals surface area contributed by atoms with Crippen LogP contribution in [0.1, 0.15) is 27.3 Å². The molecule has 0 saturated carbocycles. The molecule has 2 heterocycles. The minimum Gasteiger partial charge on any atom is -0.454 e. The first-order chi connectivity index (χ1) is 15.4. The zero-order valence-electron chi connectivity index (χ0n) is 16.4. The monoisotopic (exact) mass is 456 g/mol. The molecule has 1 aliphatic carbocycles. The number of hydrogen-bond donors (Lipinski definition) is 1. The fraction of sp³-hybridized carbons (Fsp3) is 0.150. The number of fused-ring (bicyclic) bond motifs is 1. The summed E-state index contributed by atoms with van der Waals surface area (Å²) in [4.78, 5) is 28.2. The molecule has 0 saturated heterocycles. The van der Waals surface area contributed by atoms with Crippen LogP contribution < -0.4 is 15.0 Å².